The monoisotopic (exact) mass is 445 g/mol. The lowest BCUT2D eigenvalue weighted by Crippen LogP contribution is -2.30. The highest BCUT2D eigenvalue weighted by Gasteiger charge is 2.14. The summed E-state index contributed by atoms with van der Waals surface area (Å²) in [5, 5.41) is 2.73. The van der Waals surface area contributed by atoms with Crippen molar-refractivity contribution in [3.05, 3.63) is 95.1 Å². The van der Waals surface area contributed by atoms with Crippen molar-refractivity contribution in [1.29, 1.82) is 0 Å². The summed E-state index contributed by atoms with van der Waals surface area (Å²) in [7, 11) is 0. The van der Waals surface area contributed by atoms with E-state index in [9.17, 15) is 14.4 Å². The molecule has 0 spiro atoms. The zero-order chi connectivity index (χ0) is 23.0. The average molecular weight is 445 g/mol. The molecule has 0 aliphatic carbocycles. The van der Waals surface area contributed by atoms with Gasteiger partial charge in [0.05, 0.1) is 5.56 Å². The van der Waals surface area contributed by atoms with Gasteiger partial charge >= 0.3 is 5.97 Å². The standard InChI is InChI=1S/C26H23NO6/c28-24(27-13-12-18-6-11-22-23(16-18)32-15-14-31-22)17-33-26(30)21-9-7-20(8-10-21)25(29)19-4-2-1-3-5-19/h1-11,16H,12-15,17H2,(H,27,28). The molecule has 33 heavy (non-hydrogen) atoms. The van der Waals surface area contributed by atoms with Gasteiger partial charge in [0.1, 0.15) is 13.2 Å². The highest BCUT2D eigenvalue weighted by Crippen LogP contribution is 2.30. The summed E-state index contributed by atoms with van der Waals surface area (Å²) in [4.78, 5) is 36.7. The van der Waals surface area contributed by atoms with Gasteiger partial charge in [-0.1, -0.05) is 48.5 Å². The molecule has 0 fully saturated rings. The Morgan fingerprint density at radius 2 is 1.45 bits per heavy atom. The SMILES string of the molecule is O=C(COC(=O)c1ccc(C(=O)c2ccccc2)cc1)NCCc1ccc2c(c1)OCCO2. The third-order valence-electron chi connectivity index (χ3n) is 5.10. The zero-order valence-corrected chi connectivity index (χ0v) is 17.9. The predicted octanol–water partition coefficient (Wildman–Crippen LogP) is 3.20. The second-order valence-corrected chi connectivity index (χ2v) is 7.43. The fourth-order valence-electron chi connectivity index (χ4n) is 3.37. The Hall–Kier alpha value is -4.13. The summed E-state index contributed by atoms with van der Waals surface area (Å²) < 4.78 is 16.1. The largest absolute Gasteiger partial charge is 0.486 e. The van der Waals surface area contributed by atoms with Gasteiger partial charge in [0.25, 0.3) is 5.91 Å². The van der Waals surface area contributed by atoms with Gasteiger partial charge in [0.15, 0.2) is 23.9 Å². The van der Waals surface area contributed by atoms with Crippen LogP contribution >= 0.6 is 0 Å². The number of benzene rings is 3. The van der Waals surface area contributed by atoms with E-state index in [4.69, 9.17) is 14.2 Å². The normalized spacial score (nSPS) is 12.0. The van der Waals surface area contributed by atoms with E-state index in [0.717, 1.165) is 11.3 Å². The van der Waals surface area contributed by atoms with Crippen molar-refractivity contribution >= 4 is 17.7 Å². The number of amides is 1. The Bertz CT molecular complexity index is 1140. The minimum Gasteiger partial charge on any atom is -0.486 e. The van der Waals surface area contributed by atoms with E-state index in [0.29, 0.717) is 43.1 Å². The number of carbonyl (C=O) groups excluding carboxylic acids is 3. The molecular formula is C26H23NO6. The van der Waals surface area contributed by atoms with Crippen molar-refractivity contribution in [3.8, 4) is 11.5 Å². The second kappa shape index (κ2) is 10.5. The molecule has 1 heterocycles. The highest BCUT2D eigenvalue weighted by molar-refractivity contribution is 6.09. The molecule has 1 aliphatic rings. The topological polar surface area (TPSA) is 90.9 Å². The van der Waals surface area contributed by atoms with E-state index in [-0.39, 0.29) is 18.0 Å². The number of esters is 1. The smallest absolute Gasteiger partial charge is 0.338 e. The molecular weight excluding hydrogens is 422 g/mol. The molecule has 0 bridgehead atoms. The third kappa shape index (κ3) is 5.77. The van der Waals surface area contributed by atoms with Crippen LogP contribution in [0.5, 0.6) is 11.5 Å². The Morgan fingerprint density at radius 3 is 2.21 bits per heavy atom. The van der Waals surface area contributed by atoms with Crippen LogP contribution in [0.3, 0.4) is 0 Å². The molecule has 3 aromatic carbocycles. The first-order valence-corrected chi connectivity index (χ1v) is 10.6. The van der Waals surface area contributed by atoms with Gasteiger partial charge < -0.3 is 19.5 Å². The summed E-state index contributed by atoms with van der Waals surface area (Å²) in [6.45, 7) is 1.07. The lowest BCUT2D eigenvalue weighted by atomic mass is 10.0. The molecule has 1 amide bonds. The van der Waals surface area contributed by atoms with E-state index in [1.165, 1.54) is 12.1 Å². The molecule has 0 radical (unpaired) electrons. The third-order valence-corrected chi connectivity index (χ3v) is 5.10. The van der Waals surface area contributed by atoms with Gasteiger partial charge in [-0.25, -0.2) is 4.79 Å². The molecule has 0 atom stereocenters. The van der Waals surface area contributed by atoms with E-state index < -0.39 is 11.9 Å². The molecule has 7 heteroatoms. The number of nitrogens with one attached hydrogen (secondary N) is 1. The van der Waals surface area contributed by atoms with Crippen LogP contribution in [0.1, 0.15) is 31.8 Å². The number of fused-ring (bicyclic) bond motifs is 1. The van der Waals surface area contributed by atoms with Crippen molar-refractivity contribution < 1.29 is 28.6 Å². The number of hydrogen-bond acceptors (Lipinski definition) is 6. The Balaban J connectivity index is 1.21. The first kappa shape index (κ1) is 22.1. The zero-order valence-electron chi connectivity index (χ0n) is 17.9. The molecule has 168 valence electrons. The quantitative estimate of drug-likeness (QED) is 0.423. The van der Waals surface area contributed by atoms with Gasteiger partial charge in [-0.3, -0.25) is 9.59 Å². The van der Waals surface area contributed by atoms with Crippen LogP contribution in [0, 0.1) is 0 Å². The van der Waals surface area contributed by atoms with Crippen molar-refractivity contribution in [1.82, 2.24) is 5.32 Å². The summed E-state index contributed by atoms with van der Waals surface area (Å²) in [5.74, 6) is 0.272. The van der Waals surface area contributed by atoms with Crippen LogP contribution in [0.2, 0.25) is 0 Å². The van der Waals surface area contributed by atoms with Crippen LogP contribution in [0.4, 0.5) is 0 Å². The number of hydrogen-bond donors (Lipinski definition) is 1. The van der Waals surface area contributed by atoms with Crippen molar-refractivity contribution in [2.75, 3.05) is 26.4 Å². The number of carbonyl (C=O) groups is 3. The minimum absolute atomic E-state index is 0.132. The lowest BCUT2D eigenvalue weighted by Gasteiger charge is -2.18. The second-order valence-electron chi connectivity index (χ2n) is 7.43. The molecule has 0 aromatic heterocycles. The summed E-state index contributed by atoms with van der Waals surface area (Å²) in [6.07, 6.45) is 0.604. The van der Waals surface area contributed by atoms with Gasteiger partial charge in [-0.15, -0.1) is 0 Å². The van der Waals surface area contributed by atoms with Gasteiger partial charge in [0, 0.05) is 17.7 Å². The number of ketones is 1. The maximum absolute atomic E-state index is 12.4. The Labute approximate surface area is 191 Å². The molecule has 1 N–H and O–H groups in total. The molecule has 0 saturated heterocycles. The van der Waals surface area contributed by atoms with Crippen molar-refractivity contribution in [2.24, 2.45) is 0 Å². The van der Waals surface area contributed by atoms with Gasteiger partial charge in [-0.05, 0) is 36.2 Å². The van der Waals surface area contributed by atoms with Gasteiger partial charge in [0.2, 0.25) is 0 Å². The first-order chi connectivity index (χ1) is 16.1. The highest BCUT2D eigenvalue weighted by atomic mass is 16.6. The summed E-state index contributed by atoms with van der Waals surface area (Å²) in [6, 6.07) is 20.7. The number of rotatable bonds is 8. The molecule has 1 aliphatic heterocycles. The van der Waals surface area contributed by atoms with Gasteiger partial charge in [-0.2, -0.15) is 0 Å². The Morgan fingerprint density at radius 1 is 0.788 bits per heavy atom. The maximum Gasteiger partial charge on any atom is 0.338 e. The summed E-state index contributed by atoms with van der Waals surface area (Å²) >= 11 is 0. The Kier molecular flexibility index (Phi) is 6.99. The molecule has 4 rings (SSSR count). The van der Waals surface area contributed by atoms with Crippen LogP contribution in [-0.2, 0) is 16.0 Å². The number of ether oxygens (including phenoxy) is 3. The van der Waals surface area contributed by atoms with E-state index in [1.54, 1.807) is 36.4 Å². The van der Waals surface area contributed by atoms with Crippen LogP contribution in [0.15, 0.2) is 72.8 Å². The van der Waals surface area contributed by atoms with Crippen LogP contribution in [-0.4, -0.2) is 44.0 Å². The average Bonchev–Trinajstić information content (AvgIpc) is 2.87. The fraction of sp³-hybridized carbons (Fsp3) is 0.192. The van der Waals surface area contributed by atoms with Crippen molar-refractivity contribution in [2.45, 2.75) is 6.42 Å². The van der Waals surface area contributed by atoms with E-state index in [1.807, 2.05) is 24.3 Å². The first-order valence-electron chi connectivity index (χ1n) is 10.6. The van der Waals surface area contributed by atoms with Crippen molar-refractivity contribution in [3.63, 3.8) is 0 Å². The maximum atomic E-state index is 12.4. The lowest BCUT2D eigenvalue weighted by molar-refractivity contribution is -0.124. The summed E-state index contributed by atoms with van der Waals surface area (Å²) in [5.41, 5.74) is 2.31. The van der Waals surface area contributed by atoms with Crippen LogP contribution in [0.25, 0.3) is 0 Å². The molecule has 0 saturated carbocycles. The molecule has 3 aromatic rings. The fourth-order valence-corrected chi connectivity index (χ4v) is 3.37. The minimum atomic E-state index is -0.629. The van der Waals surface area contributed by atoms with Crippen LogP contribution < -0.4 is 14.8 Å². The molecule has 7 nitrogen and oxygen atoms in total. The predicted molar refractivity (Wildman–Crippen MR) is 121 cm³/mol. The van der Waals surface area contributed by atoms with E-state index >= 15 is 0 Å². The van der Waals surface area contributed by atoms with E-state index in [2.05, 4.69) is 5.32 Å². The molecule has 0 unspecified atom stereocenters.